The number of hydrogen-bond donors (Lipinski definition) is 1. The summed E-state index contributed by atoms with van der Waals surface area (Å²) in [6, 6.07) is 14.4. The molecule has 0 saturated heterocycles. The Hall–Kier alpha value is -3.76. The zero-order valence-electron chi connectivity index (χ0n) is 17.4. The van der Waals surface area contributed by atoms with Gasteiger partial charge in [0.1, 0.15) is 15.9 Å². The van der Waals surface area contributed by atoms with Crippen LogP contribution in [0.5, 0.6) is 11.5 Å². The molecule has 0 fully saturated rings. The van der Waals surface area contributed by atoms with Crippen LogP contribution >= 0.6 is 11.6 Å². The second-order valence-corrected chi connectivity index (χ2v) is 9.20. The number of benzene rings is 3. The van der Waals surface area contributed by atoms with Crippen molar-refractivity contribution in [3.8, 4) is 22.9 Å². The SMILES string of the molecule is COc1ccc2c(nc(-c3ccc4oc(N)nc4c3)n2S(=O)(=O)c2ccccc2Cl)c1OC. The summed E-state index contributed by atoms with van der Waals surface area (Å²) in [5.74, 6) is 0.854. The summed E-state index contributed by atoms with van der Waals surface area (Å²) < 4.78 is 45.1. The van der Waals surface area contributed by atoms with Gasteiger partial charge in [0.05, 0.1) is 24.8 Å². The molecule has 168 valence electrons. The van der Waals surface area contributed by atoms with Gasteiger partial charge >= 0.3 is 0 Å². The zero-order chi connectivity index (χ0) is 23.3. The average molecular weight is 485 g/mol. The zero-order valence-corrected chi connectivity index (χ0v) is 19.0. The van der Waals surface area contributed by atoms with Gasteiger partial charge in [-0.1, -0.05) is 23.7 Å². The number of anilines is 1. The molecule has 0 aliphatic carbocycles. The van der Waals surface area contributed by atoms with E-state index in [1.807, 2.05) is 0 Å². The fourth-order valence-corrected chi connectivity index (χ4v) is 5.67. The number of rotatable bonds is 5. The predicted molar refractivity (Wildman–Crippen MR) is 124 cm³/mol. The maximum Gasteiger partial charge on any atom is 0.292 e. The summed E-state index contributed by atoms with van der Waals surface area (Å²) in [6.07, 6.45) is 0. The lowest BCUT2D eigenvalue weighted by atomic mass is 10.2. The molecule has 2 aromatic heterocycles. The topological polar surface area (TPSA) is 122 Å². The lowest BCUT2D eigenvalue weighted by Gasteiger charge is -2.12. The van der Waals surface area contributed by atoms with Gasteiger partial charge in [0.25, 0.3) is 16.0 Å². The Labute approximate surface area is 193 Å². The lowest BCUT2D eigenvalue weighted by molar-refractivity contribution is 0.358. The van der Waals surface area contributed by atoms with Crippen molar-refractivity contribution >= 4 is 49.8 Å². The van der Waals surface area contributed by atoms with Crippen LogP contribution in [0.4, 0.5) is 6.01 Å². The fourth-order valence-electron chi connectivity index (χ4n) is 3.70. The fraction of sp³-hybridized carbons (Fsp3) is 0.0909. The molecule has 2 heterocycles. The number of imidazole rings is 1. The number of fused-ring (bicyclic) bond motifs is 2. The smallest absolute Gasteiger partial charge is 0.292 e. The Bertz CT molecular complexity index is 1640. The van der Waals surface area contributed by atoms with Crippen molar-refractivity contribution < 1.29 is 22.3 Å². The monoisotopic (exact) mass is 484 g/mol. The molecule has 5 rings (SSSR count). The van der Waals surface area contributed by atoms with Gasteiger partial charge in [-0.15, -0.1) is 0 Å². The van der Waals surface area contributed by atoms with E-state index in [1.165, 1.54) is 26.4 Å². The van der Waals surface area contributed by atoms with E-state index in [0.717, 1.165) is 3.97 Å². The number of ether oxygens (including phenoxy) is 2. The number of hydrogen-bond acceptors (Lipinski definition) is 8. The van der Waals surface area contributed by atoms with Gasteiger partial charge in [0, 0.05) is 5.56 Å². The number of aromatic nitrogens is 3. The molecule has 0 amide bonds. The van der Waals surface area contributed by atoms with Gasteiger partial charge in [-0.2, -0.15) is 4.98 Å². The van der Waals surface area contributed by atoms with Crippen LogP contribution < -0.4 is 15.2 Å². The summed E-state index contributed by atoms with van der Waals surface area (Å²) in [7, 11) is -1.21. The molecule has 0 aliphatic heterocycles. The first-order valence-electron chi connectivity index (χ1n) is 9.65. The summed E-state index contributed by atoms with van der Waals surface area (Å²) in [5.41, 5.74) is 7.67. The third-order valence-electron chi connectivity index (χ3n) is 5.14. The molecule has 0 bridgehead atoms. The molecule has 0 saturated carbocycles. The molecule has 0 aliphatic rings. The standard InChI is InChI=1S/C22H17ClN4O5S/c1-30-17-10-8-15-19(20(17)31-2)26-21(12-7-9-16-14(11-12)25-22(24)32-16)27(15)33(28,29)18-6-4-3-5-13(18)23/h3-11H,1-2H3,(H2,24,25). The maximum absolute atomic E-state index is 13.9. The second-order valence-electron chi connectivity index (χ2n) is 7.04. The van der Waals surface area contributed by atoms with Gasteiger partial charge < -0.3 is 19.6 Å². The number of methoxy groups -OCH3 is 2. The molecule has 0 radical (unpaired) electrons. The van der Waals surface area contributed by atoms with E-state index in [2.05, 4.69) is 9.97 Å². The molecule has 0 atom stereocenters. The quantitative estimate of drug-likeness (QED) is 0.391. The highest BCUT2D eigenvalue weighted by Gasteiger charge is 2.29. The summed E-state index contributed by atoms with van der Waals surface area (Å²) in [5, 5.41) is 0.0884. The number of halogens is 1. The van der Waals surface area contributed by atoms with Crippen molar-refractivity contribution in [2.75, 3.05) is 20.0 Å². The molecule has 2 N–H and O–H groups in total. The van der Waals surface area contributed by atoms with Gasteiger partial charge in [0.15, 0.2) is 22.9 Å². The van der Waals surface area contributed by atoms with Crippen molar-refractivity contribution in [1.82, 2.24) is 13.9 Å². The molecule has 0 spiro atoms. The first kappa shape index (κ1) is 21.1. The molecule has 9 nitrogen and oxygen atoms in total. The summed E-state index contributed by atoms with van der Waals surface area (Å²) in [4.78, 5) is 8.72. The van der Waals surface area contributed by atoms with E-state index in [1.54, 1.807) is 42.5 Å². The summed E-state index contributed by atoms with van der Waals surface area (Å²) >= 11 is 6.27. The van der Waals surface area contributed by atoms with Crippen LogP contribution in [-0.4, -0.2) is 36.6 Å². The Morgan fingerprint density at radius 1 is 1.03 bits per heavy atom. The Morgan fingerprint density at radius 2 is 1.82 bits per heavy atom. The molecular weight excluding hydrogens is 468 g/mol. The van der Waals surface area contributed by atoms with E-state index in [9.17, 15) is 8.42 Å². The van der Waals surface area contributed by atoms with Crippen molar-refractivity contribution in [3.63, 3.8) is 0 Å². The van der Waals surface area contributed by atoms with Crippen LogP contribution in [0.25, 0.3) is 33.5 Å². The predicted octanol–water partition coefficient (Wildman–Crippen LogP) is 4.33. The second kappa shape index (κ2) is 7.68. The van der Waals surface area contributed by atoms with Crippen LogP contribution in [0.2, 0.25) is 5.02 Å². The van der Waals surface area contributed by atoms with E-state index < -0.39 is 10.0 Å². The van der Waals surface area contributed by atoms with Crippen molar-refractivity contribution in [2.45, 2.75) is 4.90 Å². The van der Waals surface area contributed by atoms with E-state index in [0.29, 0.717) is 39.2 Å². The molecule has 33 heavy (non-hydrogen) atoms. The summed E-state index contributed by atoms with van der Waals surface area (Å²) in [6.45, 7) is 0. The van der Waals surface area contributed by atoms with Gasteiger partial charge in [-0.3, -0.25) is 0 Å². The molecule has 5 aromatic rings. The van der Waals surface area contributed by atoms with Crippen molar-refractivity contribution in [2.24, 2.45) is 0 Å². The van der Waals surface area contributed by atoms with E-state index in [4.69, 9.17) is 31.2 Å². The van der Waals surface area contributed by atoms with Crippen LogP contribution in [-0.2, 0) is 10.0 Å². The largest absolute Gasteiger partial charge is 0.493 e. The van der Waals surface area contributed by atoms with E-state index in [-0.39, 0.29) is 21.8 Å². The molecule has 11 heteroatoms. The number of oxazole rings is 1. The Kier molecular flexibility index (Phi) is 4.91. The number of nitrogen functional groups attached to an aromatic ring is 1. The van der Waals surface area contributed by atoms with Crippen LogP contribution in [0.1, 0.15) is 0 Å². The molecule has 3 aromatic carbocycles. The Balaban J connectivity index is 1.89. The highest BCUT2D eigenvalue weighted by Crippen LogP contribution is 2.40. The van der Waals surface area contributed by atoms with Gasteiger partial charge in [-0.05, 0) is 42.5 Å². The average Bonchev–Trinajstić information content (AvgIpc) is 3.37. The Morgan fingerprint density at radius 3 is 2.55 bits per heavy atom. The van der Waals surface area contributed by atoms with Gasteiger partial charge in [0.2, 0.25) is 0 Å². The van der Waals surface area contributed by atoms with Crippen LogP contribution in [0, 0.1) is 0 Å². The minimum Gasteiger partial charge on any atom is -0.493 e. The number of nitrogens with zero attached hydrogens (tertiary/aromatic N) is 3. The lowest BCUT2D eigenvalue weighted by Crippen LogP contribution is -2.15. The molecular formula is C22H17ClN4O5S. The molecule has 0 unspecified atom stereocenters. The van der Waals surface area contributed by atoms with Crippen LogP contribution in [0.3, 0.4) is 0 Å². The number of nitrogens with two attached hydrogens (primary N) is 1. The maximum atomic E-state index is 13.9. The van der Waals surface area contributed by atoms with Crippen LogP contribution in [0.15, 0.2) is 63.9 Å². The minimum absolute atomic E-state index is 0.00532. The first-order valence-corrected chi connectivity index (χ1v) is 11.5. The normalized spacial score (nSPS) is 11.8. The minimum atomic E-state index is -4.17. The van der Waals surface area contributed by atoms with Crippen molar-refractivity contribution in [3.05, 3.63) is 59.6 Å². The third-order valence-corrected chi connectivity index (χ3v) is 7.35. The third kappa shape index (κ3) is 3.26. The first-order chi connectivity index (χ1) is 15.8. The van der Waals surface area contributed by atoms with Gasteiger partial charge in [-0.25, -0.2) is 17.4 Å². The highest BCUT2D eigenvalue weighted by molar-refractivity contribution is 7.90. The highest BCUT2D eigenvalue weighted by atomic mass is 35.5. The van der Waals surface area contributed by atoms with E-state index >= 15 is 0 Å². The van der Waals surface area contributed by atoms with Crippen molar-refractivity contribution in [1.29, 1.82) is 0 Å².